The number of hydrogen-bond donors (Lipinski definition) is 0. The van der Waals surface area contributed by atoms with Crippen LogP contribution in [0.25, 0.3) is 0 Å². The highest BCUT2D eigenvalue weighted by Crippen LogP contribution is 2.43. The first-order valence-electron chi connectivity index (χ1n) is 11.1. The Morgan fingerprint density at radius 2 is 1.53 bits per heavy atom. The van der Waals surface area contributed by atoms with E-state index in [4.69, 9.17) is 4.74 Å². The van der Waals surface area contributed by atoms with Gasteiger partial charge < -0.3 is 9.47 Å². The number of ether oxygens (including phenoxy) is 2. The first-order chi connectivity index (χ1) is 14.3. The minimum atomic E-state index is -4.65. The number of esters is 1. The maximum atomic E-state index is 12.3. The number of hydrogen-bond acceptors (Lipinski definition) is 3. The van der Waals surface area contributed by atoms with Crippen molar-refractivity contribution in [1.82, 2.24) is 0 Å². The van der Waals surface area contributed by atoms with Crippen molar-refractivity contribution >= 4 is 5.97 Å². The van der Waals surface area contributed by atoms with Crippen LogP contribution in [0.1, 0.15) is 76.2 Å². The number of benzene rings is 1. The normalized spacial score (nSPS) is 27.7. The summed E-state index contributed by atoms with van der Waals surface area (Å²) in [7, 11) is 0. The van der Waals surface area contributed by atoms with Gasteiger partial charge in [-0.15, -0.1) is 13.2 Å². The highest BCUT2D eigenvalue weighted by atomic mass is 19.4. The molecule has 0 saturated heterocycles. The van der Waals surface area contributed by atoms with Crippen molar-refractivity contribution in [2.45, 2.75) is 83.1 Å². The van der Waals surface area contributed by atoms with Crippen molar-refractivity contribution in [2.75, 3.05) is 0 Å². The highest BCUT2D eigenvalue weighted by Gasteiger charge is 2.33. The Kier molecular flexibility index (Phi) is 7.84. The molecular weight excluding hydrogens is 393 g/mol. The van der Waals surface area contributed by atoms with Crippen LogP contribution in [0.3, 0.4) is 0 Å². The molecule has 6 heteroatoms. The molecule has 2 aliphatic rings. The van der Waals surface area contributed by atoms with Gasteiger partial charge in [0.05, 0.1) is 0 Å². The van der Waals surface area contributed by atoms with Crippen LogP contribution in [0.4, 0.5) is 13.2 Å². The number of carbonyl (C=O) groups excluding carboxylic acids is 1. The van der Waals surface area contributed by atoms with Gasteiger partial charge in [0, 0.05) is 6.08 Å². The van der Waals surface area contributed by atoms with E-state index in [9.17, 15) is 18.0 Å². The zero-order valence-corrected chi connectivity index (χ0v) is 17.5. The molecule has 0 N–H and O–H groups in total. The summed E-state index contributed by atoms with van der Waals surface area (Å²) in [6.07, 6.45) is 8.11. The van der Waals surface area contributed by atoms with E-state index in [1.807, 2.05) is 13.0 Å². The maximum Gasteiger partial charge on any atom is 0.573 e. The second kappa shape index (κ2) is 10.4. The summed E-state index contributed by atoms with van der Waals surface area (Å²) in [5, 5.41) is 0. The summed E-state index contributed by atoms with van der Waals surface area (Å²) in [6, 6.07) is 6.34. The Bertz CT molecular complexity index is 695. The van der Waals surface area contributed by atoms with Gasteiger partial charge in [-0.25, -0.2) is 4.79 Å². The van der Waals surface area contributed by atoms with E-state index in [-0.39, 0.29) is 17.8 Å². The van der Waals surface area contributed by atoms with Gasteiger partial charge in [-0.05, 0) is 93.2 Å². The second-order valence-corrected chi connectivity index (χ2v) is 8.51. The molecule has 2 aliphatic carbocycles. The standard InChI is InChI=1S/C24H31F3O3/c1-2-3-4-23(28)29-21-13-9-19(10-14-21)17-5-7-18(8-6-17)20-11-15-22(16-12-20)30-24(25,26)27/h3-4,11-12,15-19,21H,2,5-10,13-14H2,1H3/b4-3+. The molecule has 0 bridgehead atoms. The van der Waals surface area contributed by atoms with E-state index >= 15 is 0 Å². The molecule has 0 aromatic heterocycles. The summed E-state index contributed by atoms with van der Waals surface area (Å²) in [6.45, 7) is 1.99. The predicted octanol–water partition coefficient (Wildman–Crippen LogP) is 6.93. The van der Waals surface area contributed by atoms with Gasteiger partial charge in [0.2, 0.25) is 0 Å². The quantitative estimate of drug-likeness (QED) is 0.367. The maximum absolute atomic E-state index is 12.3. The smallest absolute Gasteiger partial charge is 0.459 e. The van der Waals surface area contributed by atoms with Gasteiger partial charge in [0.25, 0.3) is 0 Å². The lowest BCUT2D eigenvalue weighted by atomic mass is 9.69. The Morgan fingerprint density at radius 3 is 2.07 bits per heavy atom. The topological polar surface area (TPSA) is 35.5 Å². The van der Waals surface area contributed by atoms with Crippen molar-refractivity contribution in [2.24, 2.45) is 11.8 Å². The average Bonchev–Trinajstić information content (AvgIpc) is 2.72. The van der Waals surface area contributed by atoms with E-state index in [1.54, 1.807) is 12.1 Å². The molecule has 0 amide bonds. The molecular formula is C24H31F3O3. The monoisotopic (exact) mass is 424 g/mol. The second-order valence-electron chi connectivity index (χ2n) is 8.51. The van der Waals surface area contributed by atoms with Gasteiger partial charge in [-0.2, -0.15) is 0 Å². The van der Waals surface area contributed by atoms with Crippen LogP contribution >= 0.6 is 0 Å². The number of alkyl halides is 3. The van der Waals surface area contributed by atoms with Gasteiger partial charge in [0.1, 0.15) is 11.9 Å². The molecule has 0 aliphatic heterocycles. The van der Waals surface area contributed by atoms with Gasteiger partial charge in [-0.3, -0.25) is 0 Å². The van der Waals surface area contributed by atoms with E-state index in [0.29, 0.717) is 17.8 Å². The van der Waals surface area contributed by atoms with Gasteiger partial charge in [-0.1, -0.05) is 25.1 Å². The number of rotatable bonds is 6. The fraction of sp³-hybridized carbons (Fsp3) is 0.625. The van der Waals surface area contributed by atoms with Crippen molar-refractivity contribution in [3.63, 3.8) is 0 Å². The molecule has 166 valence electrons. The molecule has 30 heavy (non-hydrogen) atoms. The van der Waals surface area contributed by atoms with Crippen LogP contribution in [-0.4, -0.2) is 18.4 Å². The van der Waals surface area contributed by atoms with Crippen LogP contribution in [0, 0.1) is 11.8 Å². The SMILES string of the molecule is CC/C=C/C(=O)OC1CCC(C2CCC(c3ccc(OC(F)(F)F)cc3)CC2)CC1. The van der Waals surface area contributed by atoms with Crippen LogP contribution in [0.15, 0.2) is 36.4 Å². The number of halogens is 3. The number of allylic oxidation sites excluding steroid dienone is 1. The fourth-order valence-electron chi connectivity index (χ4n) is 4.96. The largest absolute Gasteiger partial charge is 0.573 e. The lowest BCUT2D eigenvalue weighted by Gasteiger charge is -2.37. The summed E-state index contributed by atoms with van der Waals surface area (Å²) in [5.41, 5.74) is 1.10. The van der Waals surface area contributed by atoms with E-state index in [2.05, 4.69) is 4.74 Å². The fourth-order valence-corrected chi connectivity index (χ4v) is 4.96. The van der Waals surface area contributed by atoms with Crippen molar-refractivity contribution < 1.29 is 27.4 Å². The highest BCUT2D eigenvalue weighted by molar-refractivity contribution is 5.82. The van der Waals surface area contributed by atoms with E-state index in [0.717, 1.165) is 63.4 Å². The molecule has 3 rings (SSSR count). The van der Waals surface area contributed by atoms with E-state index in [1.165, 1.54) is 18.2 Å². The third-order valence-electron chi connectivity index (χ3n) is 6.51. The van der Waals surface area contributed by atoms with E-state index < -0.39 is 6.36 Å². The number of carbonyl (C=O) groups is 1. The molecule has 1 aromatic carbocycles. The minimum absolute atomic E-state index is 0.0454. The zero-order chi connectivity index (χ0) is 21.6. The van der Waals surface area contributed by atoms with Crippen molar-refractivity contribution in [3.05, 3.63) is 42.0 Å². The van der Waals surface area contributed by atoms with Crippen LogP contribution in [0.5, 0.6) is 5.75 Å². The first-order valence-corrected chi connectivity index (χ1v) is 11.1. The minimum Gasteiger partial charge on any atom is -0.459 e. The lowest BCUT2D eigenvalue weighted by Crippen LogP contribution is -2.29. The molecule has 2 saturated carbocycles. The first kappa shape index (κ1) is 22.7. The van der Waals surface area contributed by atoms with Gasteiger partial charge >= 0.3 is 12.3 Å². The van der Waals surface area contributed by atoms with Crippen molar-refractivity contribution in [3.8, 4) is 5.75 Å². The molecule has 0 radical (unpaired) electrons. The summed E-state index contributed by atoms with van der Waals surface area (Å²) in [5.74, 6) is 1.40. The molecule has 0 spiro atoms. The molecule has 3 nitrogen and oxygen atoms in total. The molecule has 1 aromatic rings. The molecule has 0 atom stereocenters. The Morgan fingerprint density at radius 1 is 0.967 bits per heavy atom. The van der Waals surface area contributed by atoms with Gasteiger partial charge in [0.15, 0.2) is 0 Å². The van der Waals surface area contributed by atoms with Crippen molar-refractivity contribution in [1.29, 1.82) is 0 Å². The molecule has 0 heterocycles. The zero-order valence-electron chi connectivity index (χ0n) is 17.5. The average molecular weight is 425 g/mol. The third kappa shape index (κ3) is 6.78. The Hall–Kier alpha value is -1.98. The predicted molar refractivity (Wildman–Crippen MR) is 109 cm³/mol. The third-order valence-corrected chi connectivity index (χ3v) is 6.51. The van der Waals surface area contributed by atoms with Crippen LogP contribution < -0.4 is 4.74 Å². The Balaban J connectivity index is 1.42. The summed E-state index contributed by atoms with van der Waals surface area (Å²) in [4.78, 5) is 11.7. The summed E-state index contributed by atoms with van der Waals surface area (Å²) < 4.78 is 46.4. The molecule has 2 fully saturated rings. The van der Waals surface area contributed by atoms with Crippen LogP contribution in [0.2, 0.25) is 0 Å². The summed E-state index contributed by atoms with van der Waals surface area (Å²) >= 11 is 0. The Labute approximate surface area is 176 Å². The van der Waals surface area contributed by atoms with Crippen LogP contribution in [-0.2, 0) is 9.53 Å². The lowest BCUT2D eigenvalue weighted by molar-refractivity contribution is -0.274. The molecule has 0 unspecified atom stereocenters.